The summed E-state index contributed by atoms with van der Waals surface area (Å²) >= 11 is 0. The van der Waals surface area contributed by atoms with Gasteiger partial charge in [0.2, 0.25) is 0 Å². The Bertz CT molecular complexity index is 1540. The molecule has 1 aliphatic rings. The van der Waals surface area contributed by atoms with E-state index in [0.29, 0.717) is 52.5 Å². The van der Waals surface area contributed by atoms with Crippen molar-refractivity contribution in [2.24, 2.45) is 7.05 Å². The molecular formula is C26H24FN7O3. The second-order valence-corrected chi connectivity index (χ2v) is 8.46. The minimum atomic E-state index is -0.799. The predicted octanol–water partition coefficient (Wildman–Crippen LogP) is 2.91. The van der Waals surface area contributed by atoms with E-state index in [9.17, 15) is 18.8 Å². The first kappa shape index (κ1) is 23.9. The summed E-state index contributed by atoms with van der Waals surface area (Å²) in [6.07, 6.45) is 2.93. The van der Waals surface area contributed by atoms with Gasteiger partial charge in [-0.05, 0) is 36.4 Å². The van der Waals surface area contributed by atoms with Gasteiger partial charge in [0.05, 0.1) is 23.3 Å². The molecule has 3 amide bonds. The predicted molar refractivity (Wildman–Crippen MR) is 137 cm³/mol. The lowest BCUT2D eigenvalue weighted by molar-refractivity contribution is 0.0963. The van der Waals surface area contributed by atoms with Crippen molar-refractivity contribution in [3.05, 3.63) is 88.7 Å². The lowest BCUT2D eigenvalue weighted by Gasteiger charge is -2.22. The summed E-state index contributed by atoms with van der Waals surface area (Å²) in [5.41, 5.74) is 3.13. The Labute approximate surface area is 211 Å². The number of urea groups is 1. The molecule has 188 valence electrons. The molecule has 1 N–H and O–H groups in total. The van der Waals surface area contributed by atoms with Crippen molar-refractivity contribution in [1.82, 2.24) is 24.6 Å². The van der Waals surface area contributed by atoms with Gasteiger partial charge in [-0.3, -0.25) is 19.6 Å². The third-order valence-electron chi connectivity index (χ3n) is 6.36. The topological polar surface area (TPSA) is 105 Å². The number of halogens is 1. The van der Waals surface area contributed by atoms with E-state index in [1.807, 2.05) is 0 Å². The van der Waals surface area contributed by atoms with E-state index in [1.165, 1.54) is 26.7 Å². The highest BCUT2D eigenvalue weighted by molar-refractivity contribution is 6.07. The van der Waals surface area contributed by atoms with Crippen molar-refractivity contribution < 1.29 is 14.0 Å². The number of alkyl halides is 1. The molecule has 11 heteroatoms. The highest BCUT2D eigenvalue weighted by Crippen LogP contribution is 2.34. The van der Waals surface area contributed by atoms with Gasteiger partial charge in [-0.2, -0.15) is 5.10 Å². The third-order valence-corrected chi connectivity index (χ3v) is 6.36. The molecule has 0 spiro atoms. The monoisotopic (exact) mass is 501 g/mol. The lowest BCUT2D eigenvalue weighted by atomic mass is 10.0. The molecule has 0 bridgehead atoms. The fourth-order valence-corrected chi connectivity index (χ4v) is 4.42. The minimum absolute atomic E-state index is 0.246. The summed E-state index contributed by atoms with van der Waals surface area (Å²) in [5, 5.41) is 6.51. The number of carbonyl (C=O) groups is 2. The van der Waals surface area contributed by atoms with E-state index >= 15 is 0 Å². The average Bonchev–Trinajstić information content (AvgIpc) is 3.49. The van der Waals surface area contributed by atoms with Gasteiger partial charge in [-0.25, -0.2) is 23.2 Å². The molecule has 1 saturated heterocycles. The number of pyridine rings is 1. The summed E-state index contributed by atoms with van der Waals surface area (Å²) in [6.45, 7) is -0.0541. The van der Waals surface area contributed by atoms with Crippen LogP contribution in [0.3, 0.4) is 0 Å². The van der Waals surface area contributed by atoms with Crippen LogP contribution in [0.15, 0.2) is 71.9 Å². The molecule has 0 aliphatic carbocycles. The van der Waals surface area contributed by atoms with Crippen molar-refractivity contribution in [2.45, 2.75) is 6.67 Å². The van der Waals surface area contributed by atoms with E-state index in [0.717, 1.165) is 0 Å². The number of hydrogen-bond donors (Lipinski definition) is 1. The largest absolute Gasteiger partial charge is 0.355 e. The number of anilines is 2. The minimum Gasteiger partial charge on any atom is -0.355 e. The number of nitrogens with one attached hydrogen (secondary N) is 1. The summed E-state index contributed by atoms with van der Waals surface area (Å²) in [5.74, 6) is -0.246. The molecule has 5 rings (SSSR count). The average molecular weight is 502 g/mol. The van der Waals surface area contributed by atoms with Crippen molar-refractivity contribution in [3.8, 4) is 16.9 Å². The highest BCUT2D eigenvalue weighted by Gasteiger charge is 2.33. The number of hydrogen-bond acceptors (Lipinski definition) is 5. The zero-order valence-electron chi connectivity index (χ0n) is 20.3. The van der Waals surface area contributed by atoms with E-state index in [1.54, 1.807) is 73.6 Å². The standard InChI is InChI=1S/C26H24FN7O3/c1-28-24(35)17-5-3-6-18(13-17)32-11-12-33(26(32)37)23-8-4-7-20(21(23)14-27)22-10-9-19(15-29-22)34-16-30-31(2)25(34)36/h3-10,13,15-16H,11-12,14H2,1-2H3,(H,28,35). The van der Waals surface area contributed by atoms with E-state index in [-0.39, 0.29) is 17.6 Å². The first-order valence-corrected chi connectivity index (χ1v) is 11.6. The van der Waals surface area contributed by atoms with Crippen molar-refractivity contribution in [1.29, 1.82) is 0 Å². The van der Waals surface area contributed by atoms with Gasteiger partial charge in [0, 0.05) is 49.6 Å². The van der Waals surface area contributed by atoms with Crippen LogP contribution in [0, 0.1) is 0 Å². The van der Waals surface area contributed by atoms with Gasteiger partial charge < -0.3 is 5.32 Å². The molecule has 2 aromatic heterocycles. The van der Waals surface area contributed by atoms with Crippen LogP contribution in [0.25, 0.3) is 16.9 Å². The van der Waals surface area contributed by atoms with E-state index in [2.05, 4.69) is 15.4 Å². The number of aryl methyl sites for hydroxylation is 1. The molecule has 1 aliphatic heterocycles. The van der Waals surface area contributed by atoms with Crippen LogP contribution in [0.1, 0.15) is 15.9 Å². The summed E-state index contributed by atoms with van der Waals surface area (Å²) in [7, 11) is 3.10. The fourth-order valence-electron chi connectivity index (χ4n) is 4.42. The van der Waals surface area contributed by atoms with Gasteiger partial charge in [0.15, 0.2) is 0 Å². The molecule has 2 aromatic carbocycles. The zero-order chi connectivity index (χ0) is 26.1. The number of amides is 3. The van der Waals surface area contributed by atoms with Gasteiger partial charge in [-0.1, -0.05) is 18.2 Å². The molecule has 3 heterocycles. The quantitative estimate of drug-likeness (QED) is 0.438. The highest BCUT2D eigenvalue weighted by atomic mass is 19.1. The smallest absolute Gasteiger partial charge is 0.350 e. The first-order valence-electron chi connectivity index (χ1n) is 11.6. The Balaban J connectivity index is 1.45. The third kappa shape index (κ3) is 4.24. The zero-order valence-corrected chi connectivity index (χ0v) is 20.3. The van der Waals surface area contributed by atoms with Crippen molar-refractivity contribution >= 4 is 23.3 Å². The Morgan fingerprint density at radius 2 is 1.81 bits per heavy atom. The van der Waals surface area contributed by atoms with Gasteiger partial charge >= 0.3 is 11.7 Å². The summed E-state index contributed by atoms with van der Waals surface area (Å²) in [4.78, 5) is 45.1. The number of rotatable bonds is 6. The Morgan fingerprint density at radius 3 is 2.49 bits per heavy atom. The Hall–Kier alpha value is -4.80. The lowest BCUT2D eigenvalue weighted by Crippen LogP contribution is -2.32. The Morgan fingerprint density at radius 1 is 1.03 bits per heavy atom. The van der Waals surface area contributed by atoms with Gasteiger partial charge in [-0.15, -0.1) is 0 Å². The van der Waals surface area contributed by atoms with Gasteiger partial charge in [0.1, 0.15) is 13.0 Å². The van der Waals surface area contributed by atoms with Crippen LogP contribution in [-0.4, -0.2) is 51.4 Å². The van der Waals surface area contributed by atoms with Crippen molar-refractivity contribution in [3.63, 3.8) is 0 Å². The maximum Gasteiger partial charge on any atom is 0.350 e. The Kier molecular flexibility index (Phi) is 6.26. The van der Waals surface area contributed by atoms with E-state index in [4.69, 9.17) is 0 Å². The van der Waals surface area contributed by atoms with Gasteiger partial charge in [0.25, 0.3) is 5.91 Å². The maximum atomic E-state index is 14.4. The SMILES string of the molecule is CNC(=O)c1cccc(N2CCN(c3cccc(-c4ccc(-n5cnn(C)c5=O)cn4)c3CF)C2=O)c1. The van der Waals surface area contributed by atoms with Crippen molar-refractivity contribution in [2.75, 3.05) is 29.9 Å². The van der Waals surface area contributed by atoms with Crippen LogP contribution in [0.5, 0.6) is 0 Å². The maximum absolute atomic E-state index is 14.4. The molecule has 4 aromatic rings. The number of benzene rings is 2. The van der Waals surface area contributed by atoms with Crippen LogP contribution < -0.4 is 20.8 Å². The molecule has 1 fully saturated rings. The van der Waals surface area contributed by atoms with Crippen LogP contribution >= 0.6 is 0 Å². The molecule has 0 radical (unpaired) electrons. The second-order valence-electron chi connectivity index (χ2n) is 8.46. The summed E-state index contributed by atoms with van der Waals surface area (Å²) < 4.78 is 17.0. The molecule has 0 atom stereocenters. The van der Waals surface area contributed by atoms with Crippen LogP contribution in [0.4, 0.5) is 20.6 Å². The molecular weight excluding hydrogens is 477 g/mol. The number of aromatic nitrogens is 4. The summed E-state index contributed by atoms with van der Waals surface area (Å²) in [6, 6.07) is 15.1. The second kappa shape index (κ2) is 9.69. The molecule has 0 unspecified atom stereocenters. The molecule has 10 nitrogen and oxygen atoms in total. The number of carbonyl (C=O) groups excluding carboxylic acids is 2. The van der Waals surface area contributed by atoms with E-state index < -0.39 is 6.67 Å². The normalized spacial score (nSPS) is 13.3. The molecule has 0 saturated carbocycles. The van der Waals surface area contributed by atoms with Crippen LogP contribution in [-0.2, 0) is 13.7 Å². The van der Waals surface area contributed by atoms with Crippen LogP contribution in [0.2, 0.25) is 0 Å². The first-order chi connectivity index (χ1) is 17.9. The molecule has 37 heavy (non-hydrogen) atoms. The fraction of sp³-hybridized carbons (Fsp3) is 0.192. The number of nitrogens with zero attached hydrogens (tertiary/aromatic N) is 6.